The van der Waals surface area contributed by atoms with Crippen molar-refractivity contribution in [2.75, 3.05) is 13.1 Å². The van der Waals surface area contributed by atoms with Crippen LogP contribution in [0.1, 0.15) is 24.0 Å². The van der Waals surface area contributed by atoms with Gasteiger partial charge in [-0.2, -0.15) is 0 Å². The molecule has 1 amide bonds. The average molecular weight is 503 g/mol. The summed E-state index contributed by atoms with van der Waals surface area (Å²) in [6.45, 7) is 1.25. The minimum Gasteiger partial charge on any atom is -0.341 e. The second kappa shape index (κ2) is 10.5. The van der Waals surface area contributed by atoms with Crippen molar-refractivity contribution in [3.63, 3.8) is 0 Å². The van der Waals surface area contributed by atoms with Crippen LogP contribution in [0.2, 0.25) is 5.02 Å². The molecule has 0 unspecified atom stereocenters. The van der Waals surface area contributed by atoms with Gasteiger partial charge in [-0.3, -0.25) is 18.7 Å². The lowest BCUT2D eigenvalue weighted by Gasteiger charge is -2.32. The number of carbonyl (C=O) groups excluding carboxylic acids is 1. The van der Waals surface area contributed by atoms with E-state index in [0.717, 1.165) is 29.4 Å². The van der Waals surface area contributed by atoms with E-state index in [-0.39, 0.29) is 24.5 Å². The lowest BCUT2D eigenvalue weighted by Crippen LogP contribution is -2.45. The fourth-order valence-electron chi connectivity index (χ4n) is 4.88. The number of amides is 1. The molecule has 0 aliphatic carbocycles. The second-order valence-electron chi connectivity index (χ2n) is 9.27. The Bertz CT molecular complexity index is 1490. The number of likely N-dealkylation sites (tertiary alicyclic amines) is 1. The van der Waals surface area contributed by atoms with Crippen LogP contribution in [0.3, 0.4) is 0 Å². The number of nitrogens with zero attached hydrogens (tertiary/aromatic N) is 4. The van der Waals surface area contributed by atoms with E-state index in [4.69, 9.17) is 11.6 Å². The van der Waals surface area contributed by atoms with E-state index in [0.29, 0.717) is 29.5 Å². The molecule has 0 radical (unpaired) electrons. The van der Waals surface area contributed by atoms with Crippen LogP contribution in [0.15, 0.2) is 82.5 Å². The highest BCUT2D eigenvalue weighted by molar-refractivity contribution is 6.30. The molecule has 0 saturated carbocycles. The monoisotopic (exact) mass is 502 g/mol. The third-order valence-electron chi connectivity index (χ3n) is 6.87. The number of aromatic nitrogens is 3. The van der Waals surface area contributed by atoms with Crippen molar-refractivity contribution >= 4 is 28.5 Å². The maximum atomic E-state index is 13.4. The third kappa shape index (κ3) is 5.11. The highest BCUT2D eigenvalue weighted by atomic mass is 35.5. The molecular formula is C28H27ClN4O3. The van der Waals surface area contributed by atoms with Crippen molar-refractivity contribution in [2.45, 2.75) is 32.4 Å². The van der Waals surface area contributed by atoms with Gasteiger partial charge in [-0.1, -0.05) is 54.1 Å². The summed E-state index contributed by atoms with van der Waals surface area (Å²) in [6.07, 6.45) is 4.38. The molecule has 2 aromatic carbocycles. The molecule has 0 atom stereocenters. The number of carbonyl (C=O) groups is 1. The van der Waals surface area contributed by atoms with Gasteiger partial charge in [0, 0.05) is 24.3 Å². The van der Waals surface area contributed by atoms with Crippen molar-refractivity contribution in [1.29, 1.82) is 0 Å². The first-order chi connectivity index (χ1) is 17.5. The van der Waals surface area contributed by atoms with E-state index in [1.807, 2.05) is 11.0 Å². The van der Waals surface area contributed by atoms with Crippen molar-refractivity contribution in [2.24, 2.45) is 5.92 Å². The number of pyridine rings is 1. The smallest absolute Gasteiger partial charge is 0.332 e. The number of benzene rings is 2. The molecule has 0 bridgehead atoms. The normalized spacial score (nSPS) is 14.3. The molecule has 4 aromatic rings. The minimum atomic E-state index is -0.525. The van der Waals surface area contributed by atoms with Gasteiger partial charge in [-0.25, -0.2) is 9.78 Å². The Balaban J connectivity index is 1.37. The highest BCUT2D eigenvalue weighted by Crippen LogP contribution is 2.22. The molecule has 2 aromatic heterocycles. The van der Waals surface area contributed by atoms with Gasteiger partial charge in [0.25, 0.3) is 5.56 Å². The van der Waals surface area contributed by atoms with Crippen LogP contribution < -0.4 is 11.2 Å². The number of rotatable bonds is 6. The largest absolute Gasteiger partial charge is 0.341 e. The molecule has 1 fully saturated rings. The molecule has 5 rings (SSSR count). The minimum absolute atomic E-state index is 0.0699. The first-order valence-corrected chi connectivity index (χ1v) is 12.5. The van der Waals surface area contributed by atoms with Crippen LogP contribution in [-0.4, -0.2) is 38.0 Å². The van der Waals surface area contributed by atoms with Gasteiger partial charge in [0.2, 0.25) is 5.91 Å². The molecular weight excluding hydrogens is 476 g/mol. The first kappa shape index (κ1) is 24.0. The van der Waals surface area contributed by atoms with Crippen LogP contribution in [0, 0.1) is 5.92 Å². The van der Waals surface area contributed by atoms with E-state index in [9.17, 15) is 14.4 Å². The fourth-order valence-corrected chi connectivity index (χ4v) is 5.00. The molecule has 1 saturated heterocycles. The van der Waals surface area contributed by atoms with E-state index >= 15 is 0 Å². The SMILES string of the molecule is O=C(Cn1c(=O)n(Cc2ccc(Cl)cc2)c(=O)c2ncccc21)N1CCC(Cc2ccccc2)CC1. The molecule has 3 heterocycles. The Kier molecular flexibility index (Phi) is 7.00. The van der Waals surface area contributed by atoms with Gasteiger partial charge < -0.3 is 4.90 Å². The Morgan fingerprint density at radius 2 is 1.61 bits per heavy atom. The Morgan fingerprint density at radius 3 is 2.33 bits per heavy atom. The van der Waals surface area contributed by atoms with Crippen LogP contribution >= 0.6 is 11.6 Å². The molecule has 1 aliphatic heterocycles. The lowest BCUT2D eigenvalue weighted by atomic mass is 9.90. The fraction of sp³-hybridized carbons (Fsp3) is 0.286. The summed E-state index contributed by atoms with van der Waals surface area (Å²) in [7, 11) is 0. The zero-order valence-electron chi connectivity index (χ0n) is 19.8. The number of piperidine rings is 1. The molecule has 0 spiro atoms. The van der Waals surface area contributed by atoms with E-state index < -0.39 is 11.2 Å². The lowest BCUT2D eigenvalue weighted by molar-refractivity contribution is -0.133. The highest BCUT2D eigenvalue weighted by Gasteiger charge is 2.24. The molecule has 0 N–H and O–H groups in total. The summed E-state index contributed by atoms with van der Waals surface area (Å²) in [5, 5.41) is 0.571. The zero-order valence-corrected chi connectivity index (χ0v) is 20.6. The summed E-state index contributed by atoms with van der Waals surface area (Å²) in [5.41, 5.74) is 1.61. The predicted octanol–water partition coefficient (Wildman–Crippen LogP) is 3.74. The Hall–Kier alpha value is -3.71. The summed E-state index contributed by atoms with van der Waals surface area (Å²) >= 11 is 5.97. The predicted molar refractivity (Wildman–Crippen MR) is 140 cm³/mol. The summed E-state index contributed by atoms with van der Waals surface area (Å²) < 4.78 is 2.51. The van der Waals surface area contributed by atoms with Gasteiger partial charge in [-0.15, -0.1) is 0 Å². The third-order valence-corrected chi connectivity index (χ3v) is 7.12. The van der Waals surface area contributed by atoms with Gasteiger partial charge >= 0.3 is 5.69 Å². The molecule has 36 heavy (non-hydrogen) atoms. The molecule has 7 nitrogen and oxygen atoms in total. The van der Waals surface area contributed by atoms with Crippen LogP contribution in [0.5, 0.6) is 0 Å². The average Bonchev–Trinajstić information content (AvgIpc) is 2.91. The van der Waals surface area contributed by atoms with Crippen LogP contribution in [0.4, 0.5) is 0 Å². The summed E-state index contributed by atoms with van der Waals surface area (Å²) in [5.74, 6) is 0.405. The van der Waals surface area contributed by atoms with Crippen LogP contribution in [0.25, 0.3) is 11.0 Å². The number of hydrogen-bond donors (Lipinski definition) is 0. The van der Waals surface area contributed by atoms with Gasteiger partial charge in [0.05, 0.1) is 12.1 Å². The maximum absolute atomic E-state index is 13.4. The number of fused-ring (bicyclic) bond motifs is 1. The Labute approximate surface area is 213 Å². The van der Waals surface area contributed by atoms with Crippen molar-refractivity contribution in [3.8, 4) is 0 Å². The first-order valence-electron chi connectivity index (χ1n) is 12.1. The molecule has 8 heteroatoms. The van der Waals surface area contributed by atoms with E-state index in [1.54, 1.807) is 36.4 Å². The Morgan fingerprint density at radius 1 is 0.889 bits per heavy atom. The van der Waals surface area contributed by atoms with Crippen molar-refractivity contribution < 1.29 is 4.79 Å². The van der Waals surface area contributed by atoms with E-state index in [2.05, 4.69) is 29.2 Å². The molecule has 184 valence electrons. The zero-order chi connectivity index (χ0) is 25.1. The van der Waals surface area contributed by atoms with Gasteiger partial charge in [-0.05, 0) is 60.6 Å². The van der Waals surface area contributed by atoms with Crippen LogP contribution in [-0.2, 0) is 24.3 Å². The van der Waals surface area contributed by atoms with Gasteiger partial charge in [0.15, 0.2) is 5.52 Å². The van der Waals surface area contributed by atoms with Gasteiger partial charge in [0.1, 0.15) is 6.54 Å². The second-order valence-corrected chi connectivity index (χ2v) is 9.71. The number of halogens is 1. The summed E-state index contributed by atoms with van der Waals surface area (Å²) in [6, 6.07) is 20.7. The van der Waals surface area contributed by atoms with E-state index in [1.165, 1.54) is 16.3 Å². The van der Waals surface area contributed by atoms with Crippen molar-refractivity contribution in [3.05, 3.63) is 110 Å². The molecule has 1 aliphatic rings. The summed E-state index contributed by atoms with van der Waals surface area (Å²) in [4.78, 5) is 45.9. The number of hydrogen-bond acceptors (Lipinski definition) is 4. The van der Waals surface area contributed by atoms with Crippen molar-refractivity contribution in [1.82, 2.24) is 19.0 Å². The quantitative estimate of drug-likeness (QED) is 0.402. The standard InChI is InChI=1S/C28H27ClN4O3/c29-23-10-8-22(9-11-23)18-33-27(35)26-24(7-4-14-30-26)32(28(33)36)19-25(34)31-15-12-21(13-16-31)17-20-5-2-1-3-6-20/h1-11,14,21H,12-13,15-19H2. The maximum Gasteiger partial charge on any atom is 0.332 e. The topological polar surface area (TPSA) is 77.2 Å².